The average molecular weight is 272 g/mol. The molecule has 6 nitrogen and oxygen atoms in total. The van der Waals surface area contributed by atoms with E-state index < -0.39 is 9.84 Å². The molecule has 2 unspecified atom stereocenters. The highest BCUT2D eigenvalue weighted by molar-refractivity contribution is 7.91. The van der Waals surface area contributed by atoms with Crippen molar-refractivity contribution in [3.63, 3.8) is 0 Å². The van der Waals surface area contributed by atoms with Crippen molar-refractivity contribution >= 4 is 9.84 Å². The predicted octanol–water partition coefficient (Wildman–Crippen LogP) is -0.381. The van der Waals surface area contributed by atoms with Crippen molar-refractivity contribution in [3.8, 4) is 0 Å². The number of rotatable bonds is 5. The van der Waals surface area contributed by atoms with Crippen LogP contribution in [0, 0.1) is 5.92 Å². The Kier molecular flexibility index (Phi) is 4.04. The summed E-state index contributed by atoms with van der Waals surface area (Å²) < 4.78 is 24.6. The summed E-state index contributed by atoms with van der Waals surface area (Å²) in [6.45, 7) is 0. The summed E-state index contributed by atoms with van der Waals surface area (Å²) in [5.74, 6) is 6.38. The molecule has 1 fully saturated rings. The number of hydrogen-bond donors (Lipinski definition) is 2. The minimum Gasteiger partial charge on any atom is -0.276 e. The van der Waals surface area contributed by atoms with E-state index in [4.69, 9.17) is 5.84 Å². The van der Waals surface area contributed by atoms with Gasteiger partial charge in [0.25, 0.3) is 0 Å². The molecule has 0 bridgehead atoms. The minimum atomic E-state index is -2.81. The van der Waals surface area contributed by atoms with E-state index in [1.807, 2.05) is 19.3 Å². The van der Waals surface area contributed by atoms with Crippen molar-refractivity contribution in [2.75, 3.05) is 11.5 Å². The second-order valence-corrected chi connectivity index (χ2v) is 7.28. The van der Waals surface area contributed by atoms with Crippen LogP contribution in [0.4, 0.5) is 0 Å². The van der Waals surface area contributed by atoms with Gasteiger partial charge in [0.15, 0.2) is 9.84 Å². The molecule has 2 heterocycles. The molecule has 102 valence electrons. The molecular weight excluding hydrogens is 252 g/mol. The van der Waals surface area contributed by atoms with E-state index in [1.54, 1.807) is 4.68 Å². The van der Waals surface area contributed by atoms with Gasteiger partial charge in [0.2, 0.25) is 0 Å². The first-order valence-corrected chi connectivity index (χ1v) is 7.96. The number of hydrogen-bond acceptors (Lipinski definition) is 5. The molecule has 3 N–H and O–H groups in total. The van der Waals surface area contributed by atoms with Gasteiger partial charge in [-0.05, 0) is 24.8 Å². The molecule has 18 heavy (non-hydrogen) atoms. The van der Waals surface area contributed by atoms with Gasteiger partial charge in [0.05, 0.1) is 17.2 Å². The van der Waals surface area contributed by atoms with Gasteiger partial charge in [0.1, 0.15) is 0 Å². The summed E-state index contributed by atoms with van der Waals surface area (Å²) in [4.78, 5) is 0. The Labute approximate surface area is 107 Å². The van der Waals surface area contributed by atoms with Crippen LogP contribution in [0.25, 0.3) is 0 Å². The van der Waals surface area contributed by atoms with E-state index in [0.717, 1.165) is 25.0 Å². The molecule has 1 saturated heterocycles. The second-order valence-electron chi connectivity index (χ2n) is 5.05. The van der Waals surface area contributed by atoms with E-state index in [2.05, 4.69) is 10.5 Å². The molecule has 1 aliphatic rings. The maximum Gasteiger partial charge on any atom is 0.150 e. The Morgan fingerprint density at radius 2 is 2.44 bits per heavy atom. The number of aromatic nitrogens is 2. The van der Waals surface area contributed by atoms with Crippen molar-refractivity contribution in [3.05, 3.63) is 18.0 Å². The van der Waals surface area contributed by atoms with Gasteiger partial charge in [-0.2, -0.15) is 5.10 Å². The third kappa shape index (κ3) is 3.54. The van der Waals surface area contributed by atoms with E-state index in [0.29, 0.717) is 11.5 Å². The van der Waals surface area contributed by atoms with Crippen LogP contribution >= 0.6 is 0 Å². The van der Waals surface area contributed by atoms with Gasteiger partial charge in [-0.1, -0.05) is 0 Å². The molecule has 7 heteroatoms. The fraction of sp³-hybridized carbons (Fsp3) is 0.727. The molecular formula is C11H20N4O2S. The molecule has 0 amide bonds. The van der Waals surface area contributed by atoms with E-state index >= 15 is 0 Å². The summed E-state index contributed by atoms with van der Waals surface area (Å²) in [6.07, 6.45) is 4.16. The third-order valence-corrected chi connectivity index (χ3v) is 5.24. The number of nitrogens with one attached hydrogen (secondary N) is 1. The first-order chi connectivity index (χ1) is 8.48. The summed E-state index contributed by atoms with van der Waals surface area (Å²) in [5.41, 5.74) is 3.74. The quantitative estimate of drug-likeness (QED) is 0.563. The van der Waals surface area contributed by atoms with E-state index in [9.17, 15) is 8.42 Å². The first-order valence-electron chi connectivity index (χ1n) is 6.13. The highest BCUT2D eigenvalue weighted by atomic mass is 32.2. The fourth-order valence-corrected chi connectivity index (χ4v) is 4.38. The SMILES string of the molecule is Cn1ccc(CC(CC2CCS(=O)(=O)C2)NN)n1. The number of aryl methyl sites for hydroxylation is 1. The summed E-state index contributed by atoms with van der Waals surface area (Å²) >= 11 is 0. The molecule has 2 rings (SSSR count). The standard InChI is InChI=1S/C11H20N4O2S/c1-15-4-2-10(14-15)7-11(13-12)6-9-3-5-18(16,17)8-9/h2,4,9,11,13H,3,5-8,12H2,1H3. The van der Waals surface area contributed by atoms with Crippen molar-refractivity contribution < 1.29 is 8.42 Å². The lowest BCUT2D eigenvalue weighted by Crippen LogP contribution is -2.38. The highest BCUT2D eigenvalue weighted by Gasteiger charge is 2.29. The maximum absolute atomic E-state index is 11.4. The number of nitrogens with two attached hydrogens (primary N) is 1. The van der Waals surface area contributed by atoms with Crippen LogP contribution < -0.4 is 11.3 Å². The molecule has 0 aromatic carbocycles. The lowest BCUT2D eigenvalue weighted by molar-refractivity contribution is 0.405. The molecule has 2 atom stereocenters. The monoisotopic (exact) mass is 272 g/mol. The zero-order chi connectivity index (χ0) is 13.2. The van der Waals surface area contributed by atoms with E-state index in [-0.39, 0.29) is 12.0 Å². The summed E-state index contributed by atoms with van der Waals surface area (Å²) in [6, 6.07) is 2.04. The maximum atomic E-state index is 11.4. The van der Waals surface area contributed by atoms with Crippen LogP contribution in [-0.2, 0) is 23.3 Å². The van der Waals surface area contributed by atoms with Crippen LogP contribution in [0.5, 0.6) is 0 Å². The Morgan fingerprint density at radius 1 is 1.67 bits per heavy atom. The minimum absolute atomic E-state index is 0.0817. The largest absolute Gasteiger partial charge is 0.276 e. The Morgan fingerprint density at radius 3 is 2.94 bits per heavy atom. The molecule has 0 spiro atoms. The predicted molar refractivity (Wildman–Crippen MR) is 69.4 cm³/mol. The normalized spacial score (nSPS) is 24.2. The van der Waals surface area contributed by atoms with Crippen LogP contribution in [0.1, 0.15) is 18.5 Å². The zero-order valence-corrected chi connectivity index (χ0v) is 11.4. The molecule has 1 aliphatic heterocycles. The topological polar surface area (TPSA) is 90.0 Å². The van der Waals surface area contributed by atoms with Gasteiger partial charge >= 0.3 is 0 Å². The zero-order valence-electron chi connectivity index (χ0n) is 10.5. The van der Waals surface area contributed by atoms with Gasteiger partial charge in [-0.25, -0.2) is 8.42 Å². The molecule has 0 saturated carbocycles. The van der Waals surface area contributed by atoms with Gasteiger partial charge in [-0.15, -0.1) is 0 Å². The summed E-state index contributed by atoms with van der Waals surface area (Å²) in [7, 11) is -0.933. The molecule has 0 aliphatic carbocycles. The number of nitrogens with zero attached hydrogens (tertiary/aromatic N) is 2. The van der Waals surface area contributed by atoms with Crippen LogP contribution in [-0.4, -0.2) is 35.7 Å². The van der Waals surface area contributed by atoms with Gasteiger partial charge in [0, 0.05) is 25.7 Å². The fourth-order valence-electron chi connectivity index (χ4n) is 2.50. The highest BCUT2D eigenvalue weighted by Crippen LogP contribution is 2.23. The summed E-state index contributed by atoms with van der Waals surface area (Å²) in [5, 5.41) is 4.30. The molecule has 1 aromatic rings. The number of hydrazine groups is 1. The van der Waals surface area contributed by atoms with Crippen molar-refractivity contribution in [2.24, 2.45) is 18.8 Å². The Balaban J connectivity index is 1.90. The number of sulfone groups is 1. The van der Waals surface area contributed by atoms with Gasteiger partial charge in [-0.3, -0.25) is 16.0 Å². The lowest BCUT2D eigenvalue weighted by atomic mass is 9.97. The first kappa shape index (κ1) is 13.5. The Bertz CT molecular complexity index is 497. The van der Waals surface area contributed by atoms with Crippen LogP contribution in [0.3, 0.4) is 0 Å². The second kappa shape index (κ2) is 5.38. The lowest BCUT2D eigenvalue weighted by Gasteiger charge is -2.18. The molecule has 1 aromatic heterocycles. The van der Waals surface area contributed by atoms with Crippen molar-refractivity contribution in [1.29, 1.82) is 0 Å². The molecule has 0 radical (unpaired) electrons. The third-order valence-electron chi connectivity index (χ3n) is 3.40. The van der Waals surface area contributed by atoms with Crippen LogP contribution in [0.15, 0.2) is 12.3 Å². The van der Waals surface area contributed by atoms with E-state index in [1.165, 1.54) is 0 Å². The van der Waals surface area contributed by atoms with Crippen LogP contribution in [0.2, 0.25) is 0 Å². The Hall–Kier alpha value is -0.920. The van der Waals surface area contributed by atoms with Gasteiger partial charge < -0.3 is 0 Å². The average Bonchev–Trinajstić information content (AvgIpc) is 2.84. The smallest absolute Gasteiger partial charge is 0.150 e. The van der Waals surface area contributed by atoms with Crippen molar-refractivity contribution in [1.82, 2.24) is 15.2 Å². The van der Waals surface area contributed by atoms with Crippen molar-refractivity contribution in [2.45, 2.75) is 25.3 Å².